The van der Waals surface area contributed by atoms with E-state index < -0.39 is 7.37 Å². The van der Waals surface area contributed by atoms with Crippen molar-refractivity contribution >= 4 is 24.9 Å². The molecule has 0 radical (unpaired) electrons. The van der Waals surface area contributed by atoms with Gasteiger partial charge in [0.25, 0.3) is 0 Å². The second kappa shape index (κ2) is 6.32. The van der Waals surface area contributed by atoms with Crippen molar-refractivity contribution in [3.63, 3.8) is 0 Å². The number of aromatic amines is 1. The first-order valence-electron chi connectivity index (χ1n) is 8.45. The molecule has 3 heterocycles. The molecule has 7 nitrogen and oxygen atoms in total. The maximum absolute atomic E-state index is 13.3. The lowest BCUT2D eigenvalue weighted by Gasteiger charge is -2.24. The number of imidazole rings is 1. The van der Waals surface area contributed by atoms with Crippen LogP contribution in [0.2, 0.25) is 0 Å². The monoisotopic (exact) mass is 360 g/mol. The SMILES string of the molecule is Cc1c[nH]c(NCC(c2ccc3c(c2)CC(=O)N3)P2(=O)CCCO2)n1. The molecule has 8 heteroatoms. The summed E-state index contributed by atoms with van der Waals surface area (Å²) in [7, 11) is -2.78. The molecule has 0 bridgehead atoms. The Kier molecular flexibility index (Phi) is 4.13. The molecule has 4 rings (SSSR count). The zero-order chi connectivity index (χ0) is 17.4. The van der Waals surface area contributed by atoms with Crippen molar-refractivity contribution in [2.75, 3.05) is 29.9 Å². The van der Waals surface area contributed by atoms with E-state index in [0.717, 1.165) is 28.9 Å². The van der Waals surface area contributed by atoms with Gasteiger partial charge in [-0.25, -0.2) is 4.98 Å². The van der Waals surface area contributed by atoms with E-state index in [1.54, 1.807) is 0 Å². The highest BCUT2D eigenvalue weighted by atomic mass is 31.2. The number of hydrogen-bond donors (Lipinski definition) is 3. The number of carbonyl (C=O) groups excluding carboxylic acids is 1. The third-order valence-electron chi connectivity index (χ3n) is 4.71. The van der Waals surface area contributed by atoms with Gasteiger partial charge in [-0.1, -0.05) is 12.1 Å². The number of amides is 1. The number of aryl methyl sites for hydroxylation is 1. The highest BCUT2D eigenvalue weighted by Gasteiger charge is 2.39. The lowest BCUT2D eigenvalue weighted by molar-refractivity contribution is -0.115. The van der Waals surface area contributed by atoms with E-state index in [9.17, 15) is 9.36 Å². The maximum atomic E-state index is 13.3. The normalized spacial score (nSPS) is 23.3. The van der Waals surface area contributed by atoms with E-state index in [2.05, 4.69) is 20.6 Å². The molecule has 3 N–H and O–H groups in total. The molecule has 0 saturated carbocycles. The van der Waals surface area contributed by atoms with E-state index >= 15 is 0 Å². The van der Waals surface area contributed by atoms with Crippen LogP contribution in [0.15, 0.2) is 24.4 Å². The van der Waals surface area contributed by atoms with Gasteiger partial charge in [0, 0.05) is 24.6 Å². The number of nitrogens with one attached hydrogen (secondary N) is 3. The Hall–Kier alpha value is -2.11. The Balaban J connectivity index is 1.62. The summed E-state index contributed by atoms with van der Waals surface area (Å²) in [6.07, 6.45) is 3.59. The third-order valence-corrected chi connectivity index (χ3v) is 7.70. The van der Waals surface area contributed by atoms with Crippen LogP contribution in [0.1, 0.15) is 28.9 Å². The summed E-state index contributed by atoms with van der Waals surface area (Å²) in [4.78, 5) is 19.0. The molecule has 1 saturated heterocycles. The van der Waals surface area contributed by atoms with Crippen LogP contribution in [0.5, 0.6) is 0 Å². The van der Waals surface area contributed by atoms with Crippen molar-refractivity contribution in [2.24, 2.45) is 0 Å². The van der Waals surface area contributed by atoms with E-state index in [-0.39, 0.29) is 11.6 Å². The van der Waals surface area contributed by atoms with Gasteiger partial charge in [0.2, 0.25) is 13.3 Å². The Morgan fingerprint density at radius 2 is 2.32 bits per heavy atom. The van der Waals surface area contributed by atoms with E-state index in [0.29, 0.717) is 31.7 Å². The predicted molar refractivity (Wildman–Crippen MR) is 96.4 cm³/mol. The minimum Gasteiger partial charge on any atom is -0.355 e. The Morgan fingerprint density at radius 3 is 3.04 bits per heavy atom. The first kappa shape index (κ1) is 16.4. The minimum atomic E-state index is -2.78. The lowest BCUT2D eigenvalue weighted by atomic mass is 10.1. The lowest BCUT2D eigenvalue weighted by Crippen LogP contribution is -2.15. The molecule has 0 aliphatic carbocycles. The molecule has 0 spiro atoms. The molecule has 25 heavy (non-hydrogen) atoms. The Morgan fingerprint density at radius 1 is 1.44 bits per heavy atom. The molecular formula is C17H21N4O3P. The van der Waals surface area contributed by atoms with Crippen LogP contribution in [-0.2, 0) is 20.3 Å². The molecule has 1 aromatic heterocycles. The fourth-order valence-corrected chi connectivity index (χ4v) is 6.07. The van der Waals surface area contributed by atoms with E-state index in [4.69, 9.17) is 4.52 Å². The molecule has 1 fully saturated rings. The fraction of sp³-hybridized carbons (Fsp3) is 0.412. The van der Waals surface area contributed by atoms with Crippen LogP contribution in [0.25, 0.3) is 0 Å². The summed E-state index contributed by atoms with van der Waals surface area (Å²) in [5.41, 5.74) is 3.36. The van der Waals surface area contributed by atoms with Gasteiger partial charge in [0.1, 0.15) is 0 Å². The van der Waals surface area contributed by atoms with Gasteiger partial charge in [0.05, 0.1) is 24.4 Å². The van der Waals surface area contributed by atoms with Crippen molar-refractivity contribution in [3.8, 4) is 0 Å². The number of rotatable bonds is 5. The minimum absolute atomic E-state index is 0.00312. The number of fused-ring (bicyclic) bond motifs is 1. The van der Waals surface area contributed by atoms with Crippen molar-refractivity contribution in [1.82, 2.24) is 9.97 Å². The zero-order valence-electron chi connectivity index (χ0n) is 14.0. The van der Waals surface area contributed by atoms with Gasteiger partial charge in [-0.15, -0.1) is 0 Å². The molecule has 2 aromatic rings. The number of carbonyl (C=O) groups is 1. The summed E-state index contributed by atoms with van der Waals surface area (Å²) in [5, 5.41) is 6.07. The van der Waals surface area contributed by atoms with Crippen molar-refractivity contribution in [2.45, 2.75) is 25.4 Å². The average molecular weight is 360 g/mol. The third kappa shape index (κ3) is 3.22. The fourth-order valence-electron chi connectivity index (χ4n) is 3.45. The maximum Gasteiger partial charge on any atom is 0.228 e. The standard InChI is InChI=1S/C17H21N4O3P/c1-11-9-18-17(20-11)19-10-15(25(23)6-2-5-24-25)12-3-4-14-13(7-12)8-16(22)21-14/h3-4,7,9,15H,2,5-6,8,10H2,1H3,(H,21,22)(H2,18,19,20). The molecular weight excluding hydrogens is 339 g/mol. The second-order valence-electron chi connectivity index (χ2n) is 6.57. The molecule has 2 atom stereocenters. The summed E-state index contributed by atoms with van der Waals surface area (Å²) < 4.78 is 19.0. The molecule has 2 aliphatic rings. The average Bonchev–Trinajstić information content (AvgIpc) is 3.27. The zero-order valence-corrected chi connectivity index (χ0v) is 14.9. The van der Waals surface area contributed by atoms with Crippen LogP contribution >= 0.6 is 7.37 Å². The van der Waals surface area contributed by atoms with Gasteiger partial charge in [-0.05, 0) is 30.5 Å². The van der Waals surface area contributed by atoms with Crippen LogP contribution in [0, 0.1) is 6.92 Å². The number of hydrogen-bond acceptors (Lipinski definition) is 5. The topological polar surface area (TPSA) is 96.1 Å². The van der Waals surface area contributed by atoms with Gasteiger partial charge >= 0.3 is 0 Å². The first-order valence-corrected chi connectivity index (χ1v) is 10.3. The molecule has 2 unspecified atom stereocenters. The molecule has 2 aliphatic heterocycles. The smallest absolute Gasteiger partial charge is 0.228 e. The van der Waals surface area contributed by atoms with Crippen molar-refractivity contribution in [3.05, 3.63) is 41.2 Å². The van der Waals surface area contributed by atoms with Gasteiger partial charge in [-0.2, -0.15) is 0 Å². The number of nitrogens with zero attached hydrogens (tertiary/aromatic N) is 1. The predicted octanol–water partition coefficient (Wildman–Crippen LogP) is 3.06. The Bertz CT molecular complexity index is 853. The van der Waals surface area contributed by atoms with Crippen LogP contribution < -0.4 is 10.6 Å². The molecule has 1 amide bonds. The van der Waals surface area contributed by atoms with Crippen LogP contribution in [0.3, 0.4) is 0 Å². The summed E-state index contributed by atoms with van der Waals surface area (Å²) in [6, 6.07) is 5.81. The van der Waals surface area contributed by atoms with E-state index in [1.165, 1.54) is 0 Å². The summed E-state index contributed by atoms with van der Waals surface area (Å²) >= 11 is 0. The summed E-state index contributed by atoms with van der Waals surface area (Å²) in [6.45, 7) is 2.91. The molecule has 1 aromatic carbocycles. The van der Waals surface area contributed by atoms with Crippen LogP contribution in [-0.4, -0.2) is 35.2 Å². The first-order chi connectivity index (χ1) is 12.0. The number of aromatic nitrogens is 2. The van der Waals surface area contributed by atoms with Crippen molar-refractivity contribution in [1.29, 1.82) is 0 Å². The van der Waals surface area contributed by atoms with Crippen LogP contribution in [0.4, 0.5) is 11.6 Å². The Labute approximate surface area is 146 Å². The van der Waals surface area contributed by atoms with Crippen molar-refractivity contribution < 1.29 is 13.9 Å². The van der Waals surface area contributed by atoms with Gasteiger partial charge in [-0.3, -0.25) is 9.36 Å². The van der Waals surface area contributed by atoms with E-state index in [1.807, 2.05) is 31.3 Å². The number of benzene rings is 1. The number of anilines is 2. The molecule has 132 valence electrons. The highest BCUT2D eigenvalue weighted by Crippen LogP contribution is 2.63. The second-order valence-corrected chi connectivity index (χ2v) is 9.35. The van der Waals surface area contributed by atoms with Gasteiger partial charge in [0.15, 0.2) is 5.95 Å². The largest absolute Gasteiger partial charge is 0.355 e. The summed E-state index contributed by atoms with van der Waals surface area (Å²) in [5.74, 6) is 0.655. The van der Waals surface area contributed by atoms with Gasteiger partial charge < -0.3 is 20.1 Å². The number of H-pyrrole nitrogens is 1. The quantitative estimate of drug-likeness (QED) is 0.712. The highest BCUT2D eigenvalue weighted by molar-refractivity contribution is 7.59.